The zero-order valence-corrected chi connectivity index (χ0v) is 17.5. The average molecular weight is 442 g/mol. The Morgan fingerprint density at radius 2 is 1.68 bits per heavy atom. The topological polar surface area (TPSA) is 220 Å². The first kappa shape index (κ1) is 26.0. The molecule has 5 atom stereocenters. The molecule has 0 spiro atoms. The number of hydrogen-bond donors (Lipinski definition) is 8. The molecule has 1 heterocycles. The Morgan fingerprint density at radius 3 is 2.13 bits per heavy atom. The Kier molecular flexibility index (Phi) is 10.0. The Bertz CT molecular complexity index is 753. The Balaban J connectivity index is 2.82. The van der Waals surface area contributed by atoms with Crippen LogP contribution in [0.2, 0.25) is 0 Å². The van der Waals surface area contributed by atoms with Crippen LogP contribution in [0.25, 0.3) is 0 Å². The van der Waals surface area contributed by atoms with Gasteiger partial charge in [-0.25, -0.2) is 9.78 Å². The first-order valence-electron chi connectivity index (χ1n) is 9.63. The van der Waals surface area contributed by atoms with Crippen molar-refractivity contribution in [3.63, 3.8) is 0 Å². The van der Waals surface area contributed by atoms with Gasteiger partial charge in [-0.2, -0.15) is 0 Å². The molecular formula is C18H30N6O7. The SMILES string of the molecule is CC(C)C(NC(=O)C(N)C(C)O)C(=O)NC(CO)C(=O)NC(Cc1cnc[nH]1)C(=O)O. The maximum atomic E-state index is 12.6. The molecular weight excluding hydrogens is 412 g/mol. The smallest absolute Gasteiger partial charge is 0.326 e. The lowest BCUT2D eigenvalue weighted by Crippen LogP contribution is -2.60. The summed E-state index contributed by atoms with van der Waals surface area (Å²) in [6, 6.07) is -5.16. The number of aliphatic carboxylic acids is 1. The minimum absolute atomic E-state index is 0.0882. The molecule has 0 fully saturated rings. The number of nitrogens with one attached hydrogen (secondary N) is 4. The summed E-state index contributed by atoms with van der Waals surface area (Å²) in [4.78, 5) is 55.1. The maximum Gasteiger partial charge on any atom is 0.326 e. The van der Waals surface area contributed by atoms with E-state index in [0.717, 1.165) is 0 Å². The number of aromatic nitrogens is 2. The van der Waals surface area contributed by atoms with E-state index in [0.29, 0.717) is 5.69 Å². The summed E-state index contributed by atoms with van der Waals surface area (Å²) < 4.78 is 0. The minimum Gasteiger partial charge on any atom is -0.480 e. The van der Waals surface area contributed by atoms with E-state index in [-0.39, 0.29) is 6.42 Å². The van der Waals surface area contributed by atoms with E-state index in [1.54, 1.807) is 13.8 Å². The molecule has 0 saturated heterocycles. The fourth-order valence-electron chi connectivity index (χ4n) is 2.55. The van der Waals surface area contributed by atoms with Crippen molar-refractivity contribution < 1.29 is 34.5 Å². The van der Waals surface area contributed by atoms with Crippen LogP contribution < -0.4 is 21.7 Å². The number of nitrogens with two attached hydrogens (primary N) is 1. The summed E-state index contributed by atoms with van der Waals surface area (Å²) in [6.45, 7) is 3.79. The highest BCUT2D eigenvalue weighted by atomic mass is 16.4. The maximum absolute atomic E-state index is 12.6. The molecule has 9 N–H and O–H groups in total. The standard InChI is InChI=1S/C18H30N6O7/c1-8(2)14(24-16(28)13(19)9(3)26)17(29)23-12(6-25)15(27)22-11(18(30)31)4-10-5-20-7-21-10/h5,7-9,11-14,25-26H,4,6,19H2,1-3H3,(H,20,21)(H,22,27)(H,23,29)(H,24,28)(H,30,31). The van der Waals surface area contributed by atoms with Gasteiger partial charge >= 0.3 is 5.97 Å². The molecule has 31 heavy (non-hydrogen) atoms. The van der Waals surface area contributed by atoms with Crippen molar-refractivity contribution in [1.82, 2.24) is 25.9 Å². The predicted octanol–water partition coefficient (Wildman–Crippen LogP) is -3.15. The Labute approximate surface area is 178 Å². The average Bonchev–Trinajstić information content (AvgIpc) is 3.21. The van der Waals surface area contributed by atoms with Crippen molar-refractivity contribution in [3.8, 4) is 0 Å². The molecule has 13 heteroatoms. The van der Waals surface area contributed by atoms with Crippen LogP contribution in [0.5, 0.6) is 0 Å². The fraction of sp³-hybridized carbons (Fsp3) is 0.611. The first-order valence-corrected chi connectivity index (χ1v) is 9.63. The van der Waals surface area contributed by atoms with Crippen LogP contribution in [0.3, 0.4) is 0 Å². The number of rotatable bonds is 12. The lowest BCUT2D eigenvalue weighted by Gasteiger charge is -2.26. The monoisotopic (exact) mass is 442 g/mol. The fourth-order valence-corrected chi connectivity index (χ4v) is 2.55. The summed E-state index contributed by atoms with van der Waals surface area (Å²) in [5, 5.41) is 35.2. The molecule has 0 bridgehead atoms. The van der Waals surface area contributed by atoms with Crippen LogP contribution in [-0.4, -0.2) is 85.9 Å². The number of aliphatic hydroxyl groups is 2. The minimum atomic E-state index is -1.46. The quantitative estimate of drug-likeness (QED) is 0.163. The summed E-state index contributed by atoms with van der Waals surface area (Å²) in [5.41, 5.74) is 6.03. The van der Waals surface area contributed by atoms with Crippen LogP contribution in [0.1, 0.15) is 26.5 Å². The highest BCUT2D eigenvalue weighted by Crippen LogP contribution is 2.05. The zero-order chi connectivity index (χ0) is 23.7. The van der Waals surface area contributed by atoms with E-state index < -0.39 is 66.5 Å². The lowest BCUT2D eigenvalue weighted by molar-refractivity contribution is -0.142. The van der Waals surface area contributed by atoms with Crippen LogP contribution in [0.4, 0.5) is 0 Å². The van der Waals surface area contributed by atoms with Crippen LogP contribution in [-0.2, 0) is 25.6 Å². The van der Waals surface area contributed by atoms with Gasteiger partial charge in [-0.1, -0.05) is 13.8 Å². The molecule has 5 unspecified atom stereocenters. The van der Waals surface area contributed by atoms with Gasteiger partial charge in [0.05, 0.1) is 19.0 Å². The van der Waals surface area contributed by atoms with Crippen molar-refractivity contribution in [3.05, 3.63) is 18.2 Å². The largest absolute Gasteiger partial charge is 0.480 e. The number of hydrogen-bond acceptors (Lipinski definition) is 8. The van der Waals surface area contributed by atoms with Crippen LogP contribution >= 0.6 is 0 Å². The third kappa shape index (κ3) is 7.96. The number of nitrogens with zero attached hydrogens (tertiary/aromatic N) is 1. The number of aromatic amines is 1. The molecule has 0 aliphatic carbocycles. The van der Waals surface area contributed by atoms with Gasteiger partial charge in [0.2, 0.25) is 17.7 Å². The van der Waals surface area contributed by atoms with E-state index in [1.165, 1.54) is 19.4 Å². The van der Waals surface area contributed by atoms with Gasteiger partial charge in [0.15, 0.2) is 0 Å². The summed E-state index contributed by atoms with van der Waals surface area (Å²) >= 11 is 0. The normalized spacial score (nSPS) is 16.0. The van der Waals surface area contributed by atoms with Crippen molar-refractivity contribution in [2.24, 2.45) is 11.7 Å². The van der Waals surface area contributed by atoms with Gasteiger partial charge in [-0.15, -0.1) is 0 Å². The van der Waals surface area contributed by atoms with Crippen LogP contribution in [0, 0.1) is 5.92 Å². The number of carboxylic acids is 1. The van der Waals surface area contributed by atoms with Gasteiger partial charge in [0.1, 0.15) is 24.2 Å². The molecule has 1 rings (SSSR count). The lowest BCUT2D eigenvalue weighted by atomic mass is 10.0. The van der Waals surface area contributed by atoms with Crippen molar-refractivity contribution in [2.75, 3.05) is 6.61 Å². The molecule has 13 nitrogen and oxygen atoms in total. The van der Waals surface area contributed by atoms with Gasteiger partial charge in [0, 0.05) is 18.3 Å². The Morgan fingerprint density at radius 1 is 1.06 bits per heavy atom. The van der Waals surface area contributed by atoms with E-state index in [2.05, 4.69) is 25.9 Å². The second kappa shape index (κ2) is 12.0. The second-order valence-electron chi connectivity index (χ2n) is 7.42. The molecule has 174 valence electrons. The highest BCUT2D eigenvalue weighted by Gasteiger charge is 2.32. The number of carbonyl (C=O) groups is 4. The van der Waals surface area contributed by atoms with E-state index in [4.69, 9.17) is 5.73 Å². The predicted molar refractivity (Wildman–Crippen MR) is 107 cm³/mol. The molecule has 0 radical (unpaired) electrons. The zero-order valence-electron chi connectivity index (χ0n) is 17.5. The van der Waals surface area contributed by atoms with Gasteiger partial charge in [-0.3, -0.25) is 14.4 Å². The van der Waals surface area contributed by atoms with E-state index in [1.807, 2.05) is 0 Å². The van der Waals surface area contributed by atoms with E-state index >= 15 is 0 Å². The molecule has 0 aliphatic heterocycles. The van der Waals surface area contributed by atoms with Gasteiger partial charge in [0.25, 0.3) is 0 Å². The number of carbonyl (C=O) groups excluding carboxylic acids is 3. The van der Waals surface area contributed by atoms with Crippen molar-refractivity contribution in [2.45, 2.75) is 57.5 Å². The molecule has 0 saturated carbocycles. The summed E-state index contributed by atoms with van der Waals surface area (Å²) in [5.74, 6) is -4.20. The molecule has 0 aromatic carbocycles. The summed E-state index contributed by atoms with van der Waals surface area (Å²) in [7, 11) is 0. The number of aliphatic hydroxyl groups excluding tert-OH is 2. The van der Waals surface area contributed by atoms with E-state index in [9.17, 15) is 34.5 Å². The number of H-pyrrole nitrogens is 1. The Hall–Kier alpha value is -3.03. The third-order valence-corrected chi connectivity index (χ3v) is 4.48. The van der Waals surface area contributed by atoms with Crippen molar-refractivity contribution >= 4 is 23.7 Å². The van der Waals surface area contributed by atoms with Gasteiger partial charge < -0.3 is 42.0 Å². The third-order valence-electron chi connectivity index (χ3n) is 4.48. The number of carboxylic acid groups (broad SMARTS) is 1. The second-order valence-corrected chi connectivity index (χ2v) is 7.42. The van der Waals surface area contributed by atoms with Crippen molar-refractivity contribution in [1.29, 1.82) is 0 Å². The first-order chi connectivity index (χ1) is 14.5. The van der Waals surface area contributed by atoms with Gasteiger partial charge in [-0.05, 0) is 12.8 Å². The summed E-state index contributed by atoms with van der Waals surface area (Å²) in [6.07, 6.45) is 1.53. The highest BCUT2D eigenvalue weighted by molar-refractivity contribution is 5.94. The molecule has 1 aromatic rings. The molecule has 1 aromatic heterocycles. The molecule has 3 amide bonds. The van der Waals surface area contributed by atoms with Crippen LogP contribution in [0.15, 0.2) is 12.5 Å². The molecule has 0 aliphatic rings. The number of imidazole rings is 1. The number of amides is 3.